The molecule has 0 saturated heterocycles. The van der Waals surface area contributed by atoms with Gasteiger partial charge < -0.3 is 15.8 Å². The van der Waals surface area contributed by atoms with Crippen molar-refractivity contribution in [2.45, 2.75) is 32.6 Å². The van der Waals surface area contributed by atoms with E-state index >= 15 is 0 Å². The van der Waals surface area contributed by atoms with Gasteiger partial charge in [-0.2, -0.15) is 0 Å². The summed E-state index contributed by atoms with van der Waals surface area (Å²) in [5.41, 5.74) is 8.62. The van der Waals surface area contributed by atoms with Crippen molar-refractivity contribution in [2.24, 2.45) is 10.7 Å². The molecular formula is C21H30N8OSSi. The van der Waals surface area contributed by atoms with Crippen LogP contribution in [-0.4, -0.2) is 54.8 Å². The quantitative estimate of drug-likeness (QED) is 0.196. The van der Waals surface area contributed by atoms with Crippen molar-refractivity contribution >= 4 is 53.3 Å². The number of rotatable bonds is 10. The molecule has 32 heavy (non-hydrogen) atoms. The maximum absolute atomic E-state index is 6.02. The van der Waals surface area contributed by atoms with Crippen molar-refractivity contribution in [2.75, 3.05) is 30.6 Å². The lowest BCUT2D eigenvalue weighted by molar-refractivity contribution is 0.153. The molecule has 0 aromatic carbocycles. The summed E-state index contributed by atoms with van der Waals surface area (Å²) in [5.74, 6) is 0.727. The average molecular weight is 471 g/mol. The van der Waals surface area contributed by atoms with Gasteiger partial charge in [0.15, 0.2) is 0 Å². The number of hydrogen-bond acceptors (Lipinski definition) is 10. The van der Waals surface area contributed by atoms with Crippen LogP contribution in [0.4, 0.5) is 16.6 Å². The number of hydrogen-bond donors (Lipinski definition) is 2. The van der Waals surface area contributed by atoms with Crippen LogP contribution in [0.15, 0.2) is 41.3 Å². The monoisotopic (exact) mass is 470 g/mol. The van der Waals surface area contributed by atoms with E-state index in [-0.39, 0.29) is 0 Å². The van der Waals surface area contributed by atoms with Crippen molar-refractivity contribution in [1.82, 2.24) is 20.2 Å². The van der Waals surface area contributed by atoms with E-state index in [0.29, 0.717) is 19.0 Å². The van der Waals surface area contributed by atoms with Gasteiger partial charge in [-0.1, -0.05) is 31.0 Å². The summed E-state index contributed by atoms with van der Waals surface area (Å²) in [4.78, 5) is 15.3. The molecule has 0 aliphatic heterocycles. The van der Waals surface area contributed by atoms with E-state index in [2.05, 4.69) is 45.1 Å². The predicted molar refractivity (Wildman–Crippen MR) is 136 cm³/mol. The van der Waals surface area contributed by atoms with Gasteiger partial charge in [-0.15, -0.1) is 10.2 Å². The number of anilines is 3. The molecule has 0 atom stereocenters. The molecule has 9 nitrogen and oxygen atoms in total. The highest BCUT2D eigenvalue weighted by molar-refractivity contribution is 7.15. The molecule has 0 aliphatic carbocycles. The van der Waals surface area contributed by atoms with Crippen LogP contribution >= 0.6 is 11.3 Å². The Bertz CT molecular complexity index is 1110. The summed E-state index contributed by atoms with van der Waals surface area (Å²) in [6.07, 6.45) is 4.84. The summed E-state index contributed by atoms with van der Waals surface area (Å²) >= 11 is 1.51. The number of fused-ring (bicyclic) bond motifs is 1. The van der Waals surface area contributed by atoms with Gasteiger partial charge >= 0.3 is 0 Å². The highest BCUT2D eigenvalue weighted by Gasteiger charge is 2.18. The van der Waals surface area contributed by atoms with Crippen LogP contribution in [0.1, 0.15) is 5.01 Å². The third-order valence-corrected chi connectivity index (χ3v) is 7.06. The van der Waals surface area contributed by atoms with E-state index in [1.165, 1.54) is 17.5 Å². The molecule has 0 unspecified atom stereocenters. The van der Waals surface area contributed by atoms with Crippen molar-refractivity contribution in [3.8, 4) is 0 Å². The number of allylic oxidation sites excluding steroid dienone is 1. The molecule has 3 aromatic rings. The number of nitrogens with one attached hydrogen (secondary N) is 1. The van der Waals surface area contributed by atoms with Gasteiger partial charge in [0.2, 0.25) is 5.13 Å². The first-order valence-corrected chi connectivity index (χ1v) is 14.8. The van der Waals surface area contributed by atoms with Crippen LogP contribution in [-0.2, 0) is 4.74 Å². The summed E-state index contributed by atoms with van der Waals surface area (Å²) < 4.78 is 6.02. The fourth-order valence-electron chi connectivity index (χ4n) is 2.79. The Morgan fingerprint density at radius 3 is 2.75 bits per heavy atom. The summed E-state index contributed by atoms with van der Waals surface area (Å²) in [7, 11) is 0.516. The standard InChI is InChI=1S/C21H30N8OSSi/c1-15-27-28-21(31-15)29(14-30-8-9-32(3,4)5)20-7-6-18-19(26-20)10-16(13-24-18)25-17(11-22)12-23-2/h6-7,10-13,25H,8-9,14,22H2,1-5H3. The molecule has 0 radical (unpaired) electrons. The minimum atomic E-state index is -1.17. The first-order chi connectivity index (χ1) is 15.3. The van der Waals surface area contributed by atoms with Crippen molar-refractivity contribution in [3.63, 3.8) is 0 Å². The van der Waals surface area contributed by atoms with Gasteiger partial charge in [-0.3, -0.25) is 14.9 Å². The fraction of sp³-hybridized carbons (Fsp3) is 0.381. The predicted octanol–water partition coefficient (Wildman–Crippen LogP) is 4.15. The lowest BCUT2D eigenvalue weighted by Crippen LogP contribution is -2.26. The Labute approximate surface area is 193 Å². The minimum absolute atomic E-state index is 0.357. The molecule has 0 fully saturated rings. The smallest absolute Gasteiger partial charge is 0.215 e. The van der Waals surface area contributed by atoms with Crippen LogP contribution in [0.3, 0.4) is 0 Å². The molecule has 3 rings (SSSR count). The number of aryl methyl sites for hydroxylation is 1. The van der Waals surface area contributed by atoms with E-state index < -0.39 is 8.07 Å². The Kier molecular flexibility index (Phi) is 7.88. The largest absolute Gasteiger partial charge is 0.403 e. The highest BCUT2D eigenvalue weighted by Crippen LogP contribution is 2.28. The van der Waals surface area contributed by atoms with Gasteiger partial charge in [-0.25, -0.2) is 4.98 Å². The van der Waals surface area contributed by atoms with Crippen molar-refractivity contribution < 1.29 is 4.74 Å². The number of aliphatic imine (C=N–C) groups is 1. The summed E-state index contributed by atoms with van der Waals surface area (Å²) in [5, 5.41) is 13.3. The lowest BCUT2D eigenvalue weighted by Gasteiger charge is -2.22. The van der Waals surface area contributed by atoms with Crippen LogP contribution < -0.4 is 16.0 Å². The second kappa shape index (κ2) is 10.6. The van der Waals surface area contributed by atoms with Crippen LogP contribution in [0.2, 0.25) is 25.7 Å². The molecule has 11 heteroatoms. The molecule has 0 aliphatic rings. The zero-order valence-electron chi connectivity index (χ0n) is 19.2. The van der Waals surface area contributed by atoms with Gasteiger partial charge in [0.1, 0.15) is 17.6 Å². The van der Waals surface area contributed by atoms with E-state index in [4.69, 9.17) is 15.5 Å². The Balaban J connectivity index is 1.87. The molecule has 3 N–H and O–H groups in total. The molecule has 0 spiro atoms. The molecule has 3 aromatic heterocycles. The van der Waals surface area contributed by atoms with Crippen LogP contribution in [0.5, 0.6) is 0 Å². The van der Waals surface area contributed by atoms with Crippen molar-refractivity contribution in [1.29, 1.82) is 0 Å². The van der Waals surface area contributed by atoms with E-state index in [1.807, 2.05) is 30.0 Å². The van der Waals surface area contributed by atoms with Gasteiger partial charge in [0.05, 0.1) is 28.6 Å². The fourth-order valence-corrected chi connectivity index (χ4v) is 4.23. The number of aromatic nitrogens is 4. The van der Waals surface area contributed by atoms with Crippen molar-refractivity contribution in [3.05, 3.63) is 41.3 Å². The molecular weight excluding hydrogens is 440 g/mol. The van der Waals surface area contributed by atoms with E-state index in [1.54, 1.807) is 19.5 Å². The molecule has 170 valence electrons. The Morgan fingerprint density at radius 2 is 2.09 bits per heavy atom. The topological polar surface area (TPSA) is 114 Å². The number of nitrogens with zero attached hydrogens (tertiary/aromatic N) is 6. The third kappa shape index (κ3) is 6.55. The maximum Gasteiger partial charge on any atom is 0.215 e. The minimum Gasteiger partial charge on any atom is -0.403 e. The summed E-state index contributed by atoms with van der Waals surface area (Å²) in [6, 6.07) is 6.89. The number of ether oxygens (including phenoxy) is 1. The Hall–Kier alpha value is -2.89. The molecule has 3 heterocycles. The first kappa shape index (κ1) is 23.8. The number of pyridine rings is 2. The zero-order chi connectivity index (χ0) is 23.1. The zero-order valence-corrected chi connectivity index (χ0v) is 21.0. The second-order valence-corrected chi connectivity index (χ2v) is 15.2. The van der Waals surface area contributed by atoms with Gasteiger partial charge in [0.25, 0.3) is 0 Å². The second-order valence-electron chi connectivity index (χ2n) is 8.45. The Morgan fingerprint density at radius 1 is 1.28 bits per heavy atom. The molecule has 0 bridgehead atoms. The number of nitrogens with two attached hydrogens (primary N) is 1. The maximum atomic E-state index is 6.02. The lowest BCUT2D eigenvalue weighted by atomic mass is 10.3. The SMILES string of the molecule is CN=CC(=CN)Nc1cnc2ccc(N(COCC[Si](C)(C)C)c3nnc(C)s3)nc2c1. The normalized spacial score (nSPS) is 12.6. The van der Waals surface area contributed by atoms with Gasteiger partial charge in [0, 0.05) is 34.1 Å². The van der Waals surface area contributed by atoms with Crippen LogP contribution in [0, 0.1) is 6.92 Å². The third-order valence-electron chi connectivity index (χ3n) is 4.50. The van der Waals surface area contributed by atoms with Gasteiger partial charge in [-0.05, 0) is 31.2 Å². The summed E-state index contributed by atoms with van der Waals surface area (Å²) in [6.45, 7) is 10.0. The molecule has 0 amide bonds. The highest BCUT2D eigenvalue weighted by atomic mass is 32.1. The molecule has 0 saturated carbocycles. The first-order valence-electron chi connectivity index (χ1n) is 10.3. The van der Waals surface area contributed by atoms with E-state index in [0.717, 1.165) is 38.7 Å². The van der Waals surface area contributed by atoms with E-state index in [9.17, 15) is 0 Å². The average Bonchev–Trinajstić information content (AvgIpc) is 3.18. The van der Waals surface area contributed by atoms with Crippen LogP contribution in [0.25, 0.3) is 11.0 Å².